The van der Waals surface area contributed by atoms with Crippen LogP contribution >= 0.6 is 11.6 Å². The lowest BCUT2D eigenvalue weighted by atomic mass is 10.1. The number of hydroxylamine groups is 1. The van der Waals surface area contributed by atoms with Crippen LogP contribution in [0, 0.1) is 6.92 Å². The number of hydrogen-bond acceptors (Lipinski definition) is 6. The first-order valence-electron chi connectivity index (χ1n) is 9.36. The second kappa shape index (κ2) is 9.69. The predicted molar refractivity (Wildman–Crippen MR) is 108 cm³/mol. The molecule has 0 aliphatic heterocycles. The van der Waals surface area contributed by atoms with Crippen LogP contribution in [0.3, 0.4) is 0 Å². The molecule has 4 N–H and O–H groups in total. The quantitative estimate of drug-likeness (QED) is 0.328. The molecule has 0 saturated carbocycles. The standard InChI is InChI=1S/C21H21ClF3N3O3/c1-12-18(11-30-15-7-8-16(17(22)10-15)20(26)28-29)31-19(27-12)9-4-13-2-5-14(6-3-13)21(23,24)25/h2-3,5-8,10,20,28-29H,4,9,11,26H2,1H3. The van der Waals surface area contributed by atoms with Gasteiger partial charge in [-0.2, -0.15) is 18.7 Å². The van der Waals surface area contributed by atoms with Gasteiger partial charge in [-0.15, -0.1) is 0 Å². The Morgan fingerprint density at radius 3 is 2.52 bits per heavy atom. The Hall–Kier alpha value is -2.59. The van der Waals surface area contributed by atoms with Crippen LogP contribution < -0.4 is 16.0 Å². The molecule has 3 aromatic rings. The molecule has 3 rings (SSSR count). The monoisotopic (exact) mass is 455 g/mol. The third kappa shape index (κ3) is 5.98. The highest BCUT2D eigenvalue weighted by molar-refractivity contribution is 6.31. The summed E-state index contributed by atoms with van der Waals surface area (Å²) < 4.78 is 49.4. The summed E-state index contributed by atoms with van der Waals surface area (Å²) in [5.41, 5.74) is 8.85. The molecule has 1 unspecified atom stereocenters. The number of nitrogens with zero attached hydrogens (tertiary/aromatic N) is 1. The van der Waals surface area contributed by atoms with Crippen molar-refractivity contribution in [1.82, 2.24) is 10.5 Å². The van der Waals surface area contributed by atoms with Crippen molar-refractivity contribution in [3.8, 4) is 5.75 Å². The fourth-order valence-electron chi connectivity index (χ4n) is 2.91. The Bertz CT molecular complexity index is 1020. The zero-order valence-corrected chi connectivity index (χ0v) is 17.3. The number of hydrogen-bond donors (Lipinski definition) is 3. The summed E-state index contributed by atoms with van der Waals surface area (Å²) in [6, 6.07) is 9.91. The van der Waals surface area contributed by atoms with Gasteiger partial charge in [0.15, 0.2) is 11.7 Å². The highest BCUT2D eigenvalue weighted by Gasteiger charge is 2.29. The van der Waals surface area contributed by atoms with Crippen molar-refractivity contribution in [2.45, 2.75) is 38.7 Å². The minimum atomic E-state index is -4.35. The molecule has 1 heterocycles. The zero-order chi connectivity index (χ0) is 22.6. The van der Waals surface area contributed by atoms with E-state index in [0.29, 0.717) is 46.5 Å². The molecular formula is C21H21ClF3N3O3. The van der Waals surface area contributed by atoms with Crippen LogP contribution in [0.5, 0.6) is 5.75 Å². The average molecular weight is 456 g/mol. The number of alkyl halides is 3. The van der Waals surface area contributed by atoms with E-state index >= 15 is 0 Å². The largest absolute Gasteiger partial charge is 0.486 e. The maximum Gasteiger partial charge on any atom is 0.416 e. The van der Waals surface area contributed by atoms with Crippen LogP contribution in [0.15, 0.2) is 46.9 Å². The number of nitrogens with two attached hydrogens (primary N) is 1. The van der Waals surface area contributed by atoms with Gasteiger partial charge in [-0.1, -0.05) is 29.8 Å². The lowest BCUT2D eigenvalue weighted by molar-refractivity contribution is -0.137. The van der Waals surface area contributed by atoms with Gasteiger partial charge in [0.25, 0.3) is 0 Å². The summed E-state index contributed by atoms with van der Waals surface area (Å²) in [6.45, 7) is 1.91. The Morgan fingerprint density at radius 1 is 1.19 bits per heavy atom. The summed E-state index contributed by atoms with van der Waals surface area (Å²) in [5, 5.41) is 9.23. The minimum absolute atomic E-state index is 0.124. The first-order valence-corrected chi connectivity index (χ1v) is 9.74. The van der Waals surface area contributed by atoms with Crippen molar-refractivity contribution in [1.29, 1.82) is 0 Å². The van der Waals surface area contributed by atoms with E-state index in [4.69, 9.17) is 31.7 Å². The van der Waals surface area contributed by atoms with Gasteiger partial charge in [0.05, 0.1) is 16.3 Å². The molecule has 0 aliphatic carbocycles. The van der Waals surface area contributed by atoms with Crippen molar-refractivity contribution < 1.29 is 27.5 Å². The number of aryl methyl sites for hydroxylation is 3. The Morgan fingerprint density at radius 2 is 1.90 bits per heavy atom. The summed E-state index contributed by atoms with van der Waals surface area (Å²) in [6.07, 6.45) is -4.22. The minimum Gasteiger partial charge on any atom is -0.486 e. The van der Waals surface area contributed by atoms with Crippen molar-refractivity contribution in [2.24, 2.45) is 5.73 Å². The SMILES string of the molecule is Cc1nc(CCc2ccc(C(F)(F)F)cc2)oc1COc1ccc(C(N)NO)c(Cl)c1. The molecule has 1 aromatic heterocycles. The number of oxazole rings is 1. The topological polar surface area (TPSA) is 93.5 Å². The van der Waals surface area contributed by atoms with Crippen molar-refractivity contribution in [3.05, 3.63) is 81.5 Å². The highest BCUT2D eigenvalue weighted by atomic mass is 35.5. The highest BCUT2D eigenvalue weighted by Crippen LogP contribution is 2.29. The lowest BCUT2D eigenvalue weighted by Crippen LogP contribution is -2.25. The van der Waals surface area contributed by atoms with E-state index in [1.807, 2.05) is 5.48 Å². The Balaban J connectivity index is 1.58. The number of ether oxygens (including phenoxy) is 1. The fraction of sp³-hybridized carbons (Fsp3) is 0.286. The summed E-state index contributed by atoms with van der Waals surface area (Å²) >= 11 is 6.15. The number of nitrogens with one attached hydrogen (secondary N) is 1. The Labute approximate surface area is 181 Å². The number of halogens is 4. The molecule has 0 fully saturated rings. The molecule has 1 atom stereocenters. The maximum absolute atomic E-state index is 12.6. The van der Waals surface area contributed by atoms with E-state index in [1.54, 1.807) is 25.1 Å². The third-order valence-electron chi connectivity index (χ3n) is 4.66. The second-order valence-electron chi connectivity index (χ2n) is 6.89. The number of rotatable bonds is 8. The van der Waals surface area contributed by atoms with Gasteiger partial charge in [-0.25, -0.2) is 4.98 Å². The molecule has 0 saturated heterocycles. The Kier molecular flexibility index (Phi) is 7.22. The van der Waals surface area contributed by atoms with Gasteiger partial charge in [0, 0.05) is 12.0 Å². The third-order valence-corrected chi connectivity index (χ3v) is 4.99. The van der Waals surface area contributed by atoms with Crippen molar-refractivity contribution in [3.63, 3.8) is 0 Å². The fourth-order valence-corrected chi connectivity index (χ4v) is 3.20. The molecule has 0 aliphatic rings. The summed E-state index contributed by atoms with van der Waals surface area (Å²) in [5.74, 6) is 1.50. The van der Waals surface area contributed by atoms with E-state index in [1.165, 1.54) is 12.1 Å². The van der Waals surface area contributed by atoms with Crippen molar-refractivity contribution >= 4 is 11.6 Å². The molecule has 0 bridgehead atoms. The van der Waals surface area contributed by atoms with Gasteiger partial charge >= 0.3 is 6.18 Å². The molecule has 0 radical (unpaired) electrons. The van der Waals surface area contributed by atoms with Crippen LogP contribution in [-0.2, 0) is 25.6 Å². The first-order chi connectivity index (χ1) is 14.7. The van der Waals surface area contributed by atoms with Gasteiger partial charge in [-0.05, 0) is 43.2 Å². The van der Waals surface area contributed by atoms with E-state index in [9.17, 15) is 13.2 Å². The van der Waals surface area contributed by atoms with E-state index < -0.39 is 17.9 Å². The summed E-state index contributed by atoms with van der Waals surface area (Å²) in [4.78, 5) is 4.36. The predicted octanol–water partition coefficient (Wildman–Crippen LogP) is 4.96. The van der Waals surface area contributed by atoms with E-state index in [2.05, 4.69) is 4.98 Å². The van der Waals surface area contributed by atoms with E-state index in [0.717, 1.165) is 17.7 Å². The molecule has 10 heteroatoms. The van der Waals surface area contributed by atoms with E-state index in [-0.39, 0.29) is 6.61 Å². The maximum atomic E-state index is 12.6. The number of aromatic nitrogens is 1. The van der Waals surface area contributed by atoms with Gasteiger partial charge < -0.3 is 20.1 Å². The molecular weight excluding hydrogens is 435 g/mol. The van der Waals surface area contributed by atoms with Gasteiger partial charge in [-0.3, -0.25) is 0 Å². The molecule has 2 aromatic carbocycles. The summed E-state index contributed by atoms with van der Waals surface area (Å²) in [7, 11) is 0. The molecule has 31 heavy (non-hydrogen) atoms. The van der Waals surface area contributed by atoms with Crippen LogP contribution in [0.2, 0.25) is 5.02 Å². The first kappa shape index (κ1) is 23.1. The molecule has 0 spiro atoms. The smallest absolute Gasteiger partial charge is 0.416 e. The lowest BCUT2D eigenvalue weighted by Gasteiger charge is -2.13. The average Bonchev–Trinajstić information content (AvgIpc) is 3.09. The molecule has 6 nitrogen and oxygen atoms in total. The van der Waals surface area contributed by atoms with Gasteiger partial charge in [0.1, 0.15) is 18.5 Å². The van der Waals surface area contributed by atoms with Crippen LogP contribution in [0.25, 0.3) is 0 Å². The van der Waals surface area contributed by atoms with Gasteiger partial charge in [0.2, 0.25) is 0 Å². The molecule has 166 valence electrons. The second-order valence-corrected chi connectivity index (χ2v) is 7.30. The van der Waals surface area contributed by atoms with Crippen LogP contribution in [-0.4, -0.2) is 10.2 Å². The van der Waals surface area contributed by atoms with Crippen LogP contribution in [0.1, 0.15) is 40.2 Å². The number of benzene rings is 2. The zero-order valence-electron chi connectivity index (χ0n) is 16.5. The molecule has 0 amide bonds. The van der Waals surface area contributed by atoms with Crippen molar-refractivity contribution in [2.75, 3.05) is 0 Å². The van der Waals surface area contributed by atoms with Crippen LogP contribution in [0.4, 0.5) is 13.2 Å². The normalized spacial score (nSPS) is 12.7.